The van der Waals surface area contributed by atoms with Crippen molar-refractivity contribution in [2.75, 3.05) is 19.5 Å². The highest BCUT2D eigenvalue weighted by molar-refractivity contribution is 7.89. The minimum atomic E-state index is -3.88. The summed E-state index contributed by atoms with van der Waals surface area (Å²) in [6.45, 7) is 0.272. The Labute approximate surface area is 174 Å². The second-order valence-electron chi connectivity index (χ2n) is 6.07. The van der Waals surface area contributed by atoms with Gasteiger partial charge in [0.1, 0.15) is 6.61 Å². The van der Waals surface area contributed by atoms with Crippen molar-refractivity contribution in [2.24, 2.45) is 0 Å². The standard InChI is InChI=1S/C20H20N4O5S/c1-24(28-2)30(26,27)17-6-3-5-16(13-17)20(25)23-19-18(7-4-10-22-19)29-14-15-8-11-21-12-9-15/h3-13H,14H2,1-2H3,(H,22,23,25). The first-order chi connectivity index (χ1) is 14.4. The molecule has 0 saturated heterocycles. The summed E-state index contributed by atoms with van der Waals surface area (Å²) in [5.74, 6) is 0.0731. The van der Waals surface area contributed by atoms with Crippen LogP contribution in [-0.4, -0.2) is 42.9 Å². The largest absolute Gasteiger partial charge is 0.485 e. The highest BCUT2D eigenvalue weighted by Gasteiger charge is 2.22. The number of amides is 1. The van der Waals surface area contributed by atoms with Crippen molar-refractivity contribution in [3.05, 3.63) is 78.2 Å². The molecule has 0 spiro atoms. The molecule has 10 heteroatoms. The molecule has 0 bridgehead atoms. The predicted octanol–water partition coefficient (Wildman–Crippen LogP) is 2.49. The van der Waals surface area contributed by atoms with Crippen molar-refractivity contribution in [2.45, 2.75) is 11.5 Å². The van der Waals surface area contributed by atoms with Gasteiger partial charge in [0, 0.05) is 31.2 Å². The first-order valence-corrected chi connectivity index (χ1v) is 10.3. The van der Waals surface area contributed by atoms with E-state index in [0.29, 0.717) is 10.2 Å². The van der Waals surface area contributed by atoms with Gasteiger partial charge in [0.05, 0.1) is 12.0 Å². The van der Waals surface area contributed by atoms with Gasteiger partial charge in [0.2, 0.25) is 0 Å². The molecule has 0 aliphatic rings. The molecule has 1 aromatic carbocycles. The van der Waals surface area contributed by atoms with Gasteiger partial charge in [0.15, 0.2) is 11.6 Å². The van der Waals surface area contributed by atoms with E-state index in [2.05, 4.69) is 15.3 Å². The highest BCUT2D eigenvalue weighted by atomic mass is 32.2. The summed E-state index contributed by atoms with van der Waals surface area (Å²) in [6.07, 6.45) is 4.84. The molecule has 3 rings (SSSR count). The van der Waals surface area contributed by atoms with Crippen LogP contribution in [0.2, 0.25) is 0 Å². The van der Waals surface area contributed by atoms with E-state index >= 15 is 0 Å². The van der Waals surface area contributed by atoms with Crippen LogP contribution in [0.15, 0.2) is 72.0 Å². The van der Waals surface area contributed by atoms with Gasteiger partial charge >= 0.3 is 0 Å². The third-order valence-electron chi connectivity index (χ3n) is 4.14. The fraction of sp³-hybridized carbons (Fsp3) is 0.150. The first kappa shape index (κ1) is 21.4. The maximum Gasteiger partial charge on any atom is 0.264 e. The molecular weight excluding hydrogens is 408 g/mol. The Morgan fingerprint density at radius 3 is 2.60 bits per heavy atom. The number of ether oxygens (including phenoxy) is 1. The molecular formula is C20H20N4O5S. The number of anilines is 1. The van der Waals surface area contributed by atoms with E-state index in [1.54, 1.807) is 24.5 Å². The summed E-state index contributed by atoms with van der Waals surface area (Å²) in [7, 11) is -1.37. The zero-order valence-corrected chi connectivity index (χ0v) is 17.2. The maximum absolute atomic E-state index is 12.7. The number of sulfonamides is 1. The molecule has 0 aliphatic heterocycles. The van der Waals surface area contributed by atoms with Crippen LogP contribution in [0.3, 0.4) is 0 Å². The topological polar surface area (TPSA) is 111 Å². The molecule has 0 radical (unpaired) electrons. The third kappa shape index (κ3) is 4.98. The highest BCUT2D eigenvalue weighted by Crippen LogP contribution is 2.23. The Morgan fingerprint density at radius 1 is 1.10 bits per heavy atom. The van der Waals surface area contributed by atoms with Crippen LogP contribution in [0, 0.1) is 0 Å². The number of aromatic nitrogens is 2. The van der Waals surface area contributed by atoms with Gasteiger partial charge in [-0.1, -0.05) is 10.5 Å². The number of nitrogens with zero attached hydrogens (tertiary/aromatic N) is 3. The maximum atomic E-state index is 12.7. The van der Waals surface area contributed by atoms with Gasteiger partial charge in [-0.25, -0.2) is 13.4 Å². The molecule has 2 aromatic heterocycles. The Kier molecular flexibility index (Phi) is 6.72. The molecule has 0 aliphatic carbocycles. The van der Waals surface area contributed by atoms with Crippen LogP contribution >= 0.6 is 0 Å². The quantitative estimate of drug-likeness (QED) is 0.549. The van der Waals surface area contributed by atoms with Crippen molar-refractivity contribution in [3.8, 4) is 5.75 Å². The lowest BCUT2D eigenvalue weighted by molar-refractivity contribution is -0.0258. The van der Waals surface area contributed by atoms with Crippen LogP contribution in [0.4, 0.5) is 5.82 Å². The van der Waals surface area contributed by atoms with E-state index in [-0.39, 0.29) is 22.9 Å². The van der Waals surface area contributed by atoms with Crippen LogP contribution in [-0.2, 0) is 21.5 Å². The summed E-state index contributed by atoms with van der Waals surface area (Å²) >= 11 is 0. The number of carbonyl (C=O) groups is 1. The summed E-state index contributed by atoms with van der Waals surface area (Å²) in [5.41, 5.74) is 1.05. The molecule has 0 unspecified atom stereocenters. The van der Waals surface area contributed by atoms with Crippen molar-refractivity contribution in [1.29, 1.82) is 0 Å². The number of nitrogens with one attached hydrogen (secondary N) is 1. The Balaban J connectivity index is 1.78. The number of benzene rings is 1. The predicted molar refractivity (Wildman–Crippen MR) is 109 cm³/mol. The molecule has 0 saturated carbocycles. The summed E-state index contributed by atoms with van der Waals surface area (Å²) in [5, 5.41) is 2.66. The van der Waals surface area contributed by atoms with E-state index in [0.717, 1.165) is 5.56 Å². The van der Waals surface area contributed by atoms with Crippen molar-refractivity contribution >= 4 is 21.7 Å². The first-order valence-electron chi connectivity index (χ1n) is 8.83. The summed E-state index contributed by atoms with van der Waals surface area (Å²) < 4.78 is 31.3. The van der Waals surface area contributed by atoms with Crippen LogP contribution in [0.5, 0.6) is 5.75 Å². The van der Waals surface area contributed by atoms with Crippen LogP contribution in [0.25, 0.3) is 0 Å². The zero-order chi connectivity index (χ0) is 21.6. The third-order valence-corrected chi connectivity index (χ3v) is 5.81. The van der Waals surface area contributed by atoms with Crippen LogP contribution < -0.4 is 10.1 Å². The second kappa shape index (κ2) is 9.44. The second-order valence-corrected chi connectivity index (χ2v) is 8.01. The monoisotopic (exact) mass is 428 g/mol. The average molecular weight is 428 g/mol. The Bertz CT molecular complexity index is 1120. The lowest BCUT2D eigenvalue weighted by Crippen LogP contribution is -2.26. The van der Waals surface area contributed by atoms with Crippen molar-refractivity contribution in [1.82, 2.24) is 14.4 Å². The van der Waals surface area contributed by atoms with Gasteiger partial charge in [-0.3, -0.25) is 14.6 Å². The van der Waals surface area contributed by atoms with Crippen molar-refractivity contribution < 1.29 is 22.8 Å². The minimum Gasteiger partial charge on any atom is -0.485 e. The lowest BCUT2D eigenvalue weighted by atomic mass is 10.2. The fourth-order valence-corrected chi connectivity index (χ4v) is 3.48. The molecule has 1 N–H and O–H groups in total. The Morgan fingerprint density at radius 2 is 1.87 bits per heavy atom. The van der Waals surface area contributed by atoms with E-state index in [4.69, 9.17) is 9.57 Å². The molecule has 0 fully saturated rings. The Hall–Kier alpha value is -3.34. The molecule has 30 heavy (non-hydrogen) atoms. The van der Waals surface area contributed by atoms with Crippen LogP contribution in [0.1, 0.15) is 15.9 Å². The number of carbonyl (C=O) groups excluding carboxylic acids is 1. The van der Waals surface area contributed by atoms with E-state index in [1.807, 2.05) is 12.1 Å². The number of hydrogen-bond acceptors (Lipinski definition) is 7. The summed E-state index contributed by atoms with van der Waals surface area (Å²) in [4.78, 5) is 25.5. The number of pyridine rings is 2. The van der Waals surface area contributed by atoms with Gasteiger partial charge in [-0.2, -0.15) is 0 Å². The number of hydroxylamine groups is 1. The molecule has 0 atom stereocenters. The number of hydrogen-bond donors (Lipinski definition) is 1. The van der Waals surface area contributed by atoms with E-state index < -0.39 is 15.9 Å². The summed E-state index contributed by atoms with van der Waals surface area (Å²) in [6, 6.07) is 12.6. The SMILES string of the molecule is CON(C)S(=O)(=O)c1cccc(C(=O)Nc2ncccc2OCc2ccncc2)c1. The van der Waals surface area contributed by atoms with Gasteiger partial charge in [-0.15, -0.1) is 0 Å². The molecule has 1 amide bonds. The molecule has 156 valence electrons. The van der Waals surface area contributed by atoms with Gasteiger partial charge < -0.3 is 10.1 Å². The lowest BCUT2D eigenvalue weighted by Gasteiger charge is -2.15. The molecule has 9 nitrogen and oxygen atoms in total. The van der Waals surface area contributed by atoms with Gasteiger partial charge in [0.25, 0.3) is 15.9 Å². The zero-order valence-electron chi connectivity index (χ0n) is 16.3. The van der Waals surface area contributed by atoms with E-state index in [9.17, 15) is 13.2 Å². The van der Waals surface area contributed by atoms with Gasteiger partial charge in [-0.05, 0) is 48.0 Å². The fourth-order valence-electron chi connectivity index (χ4n) is 2.47. The smallest absolute Gasteiger partial charge is 0.264 e. The van der Waals surface area contributed by atoms with E-state index in [1.165, 1.54) is 44.6 Å². The molecule has 3 aromatic rings. The van der Waals surface area contributed by atoms with Crippen molar-refractivity contribution in [3.63, 3.8) is 0 Å². The number of rotatable bonds is 8. The normalized spacial score (nSPS) is 11.3. The molecule has 2 heterocycles. The minimum absolute atomic E-state index is 0.0744. The average Bonchev–Trinajstić information content (AvgIpc) is 2.78.